The fourth-order valence-corrected chi connectivity index (χ4v) is 3.77. The number of carbonyl (C=O) groups excluding carboxylic acids is 1. The molecule has 25 heavy (non-hydrogen) atoms. The molecule has 0 bridgehead atoms. The topological polar surface area (TPSA) is 63.1 Å². The van der Waals surface area contributed by atoms with Crippen LogP contribution >= 0.6 is 0 Å². The minimum absolute atomic E-state index is 0.0751. The Morgan fingerprint density at radius 2 is 2.08 bits per heavy atom. The molecule has 3 heterocycles. The normalized spacial score (nSPS) is 21.4. The minimum Gasteiger partial charge on any atom is -0.314 e. The van der Waals surface area contributed by atoms with Crippen molar-refractivity contribution in [3.05, 3.63) is 41.7 Å². The molecule has 1 N–H and O–H groups in total. The van der Waals surface area contributed by atoms with Crippen molar-refractivity contribution in [1.29, 1.82) is 0 Å². The van der Waals surface area contributed by atoms with Crippen molar-refractivity contribution in [1.82, 2.24) is 20.1 Å². The quantitative estimate of drug-likeness (QED) is 0.924. The van der Waals surface area contributed by atoms with Gasteiger partial charge >= 0.3 is 0 Å². The molecular formula is C18H22FN5O. The van der Waals surface area contributed by atoms with Crippen molar-refractivity contribution in [3.8, 4) is 0 Å². The summed E-state index contributed by atoms with van der Waals surface area (Å²) in [6.07, 6.45) is 3.90. The Bertz CT molecular complexity index is 790. The number of anilines is 1. The standard InChI is InChI=1S/C18H22FN5O/c1-12(17-22-21-16-8-4-5-10-24(16)17)20-14-9-11-23(18(14)25)15-7-3-2-6-13(15)19/h2-3,6-7,12,14,20H,4-5,8-11H2,1H3. The Morgan fingerprint density at radius 3 is 2.92 bits per heavy atom. The Kier molecular flexibility index (Phi) is 4.25. The summed E-state index contributed by atoms with van der Waals surface area (Å²) < 4.78 is 16.1. The first-order valence-electron chi connectivity index (χ1n) is 8.89. The van der Waals surface area contributed by atoms with Crippen molar-refractivity contribution in [2.24, 2.45) is 0 Å². The summed E-state index contributed by atoms with van der Waals surface area (Å²) in [5.74, 6) is 1.46. The first kappa shape index (κ1) is 16.2. The molecule has 0 radical (unpaired) electrons. The first-order chi connectivity index (χ1) is 12.1. The second-order valence-corrected chi connectivity index (χ2v) is 6.75. The van der Waals surface area contributed by atoms with E-state index in [-0.39, 0.29) is 23.8 Å². The number of benzene rings is 1. The summed E-state index contributed by atoms with van der Waals surface area (Å²) in [4.78, 5) is 14.2. The van der Waals surface area contributed by atoms with Crippen molar-refractivity contribution >= 4 is 11.6 Å². The van der Waals surface area contributed by atoms with E-state index in [4.69, 9.17) is 0 Å². The van der Waals surface area contributed by atoms with Crippen LogP contribution in [0.1, 0.15) is 43.9 Å². The second-order valence-electron chi connectivity index (χ2n) is 6.75. The van der Waals surface area contributed by atoms with Crippen molar-refractivity contribution in [3.63, 3.8) is 0 Å². The van der Waals surface area contributed by atoms with E-state index in [1.165, 1.54) is 11.0 Å². The average Bonchev–Trinajstić information content (AvgIpc) is 3.20. The summed E-state index contributed by atoms with van der Waals surface area (Å²) in [6.45, 7) is 3.46. The monoisotopic (exact) mass is 343 g/mol. The zero-order valence-electron chi connectivity index (χ0n) is 14.3. The third-order valence-electron chi connectivity index (χ3n) is 5.08. The number of fused-ring (bicyclic) bond motifs is 1. The number of aromatic nitrogens is 3. The van der Waals surface area contributed by atoms with Gasteiger partial charge in [0, 0.05) is 19.5 Å². The van der Waals surface area contributed by atoms with Crippen molar-refractivity contribution < 1.29 is 9.18 Å². The first-order valence-corrected chi connectivity index (χ1v) is 8.89. The third-order valence-corrected chi connectivity index (χ3v) is 5.08. The van der Waals surface area contributed by atoms with Crippen LogP contribution in [-0.2, 0) is 17.8 Å². The lowest BCUT2D eigenvalue weighted by molar-refractivity contribution is -0.119. The Labute approximate surface area is 146 Å². The molecule has 2 unspecified atom stereocenters. The highest BCUT2D eigenvalue weighted by Gasteiger charge is 2.35. The van der Waals surface area contributed by atoms with Crippen LogP contribution in [0.3, 0.4) is 0 Å². The average molecular weight is 343 g/mol. The number of carbonyl (C=O) groups is 1. The Morgan fingerprint density at radius 1 is 1.24 bits per heavy atom. The summed E-state index contributed by atoms with van der Waals surface area (Å²) in [6, 6.07) is 6.01. The zero-order chi connectivity index (χ0) is 17.4. The molecular weight excluding hydrogens is 321 g/mol. The van der Waals surface area contributed by atoms with Crippen molar-refractivity contribution in [2.45, 2.75) is 51.2 Å². The van der Waals surface area contributed by atoms with Gasteiger partial charge in [0.25, 0.3) is 0 Å². The van der Waals surface area contributed by atoms with Crippen LogP contribution in [0.2, 0.25) is 0 Å². The second kappa shape index (κ2) is 6.55. The SMILES string of the molecule is CC(NC1CCN(c2ccccc2F)C1=O)c1nnc2n1CCCC2. The highest BCUT2D eigenvalue weighted by atomic mass is 19.1. The van der Waals surface area contributed by atoms with Gasteiger partial charge in [-0.2, -0.15) is 0 Å². The van der Waals surface area contributed by atoms with Crippen LogP contribution in [0.4, 0.5) is 10.1 Å². The largest absolute Gasteiger partial charge is 0.314 e. The smallest absolute Gasteiger partial charge is 0.244 e. The number of hydrogen-bond donors (Lipinski definition) is 1. The maximum atomic E-state index is 14.0. The summed E-state index contributed by atoms with van der Waals surface area (Å²) >= 11 is 0. The fraction of sp³-hybridized carbons (Fsp3) is 0.500. The van der Waals surface area contributed by atoms with E-state index in [1.807, 2.05) is 6.92 Å². The molecule has 1 aromatic heterocycles. The van der Waals surface area contributed by atoms with Gasteiger partial charge in [0.05, 0.1) is 17.8 Å². The molecule has 2 aromatic rings. The highest BCUT2D eigenvalue weighted by Crippen LogP contribution is 2.26. The lowest BCUT2D eigenvalue weighted by atomic mass is 10.1. The molecule has 2 aliphatic rings. The Hall–Kier alpha value is -2.28. The Balaban J connectivity index is 1.48. The molecule has 0 spiro atoms. The fourth-order valence-electron chi connectivity index (χ4n) is 3.77. The van der Waals surface area contributed by atoms with Gasteiger partial charge in [-0.05, 0) is 38.3 Å². The van der Waals surface area contributed by atoms with Crippen LogP contribution in [-0.4, -0.2) is 33.3 Å². The van der Waals surface area contributed by atoms with E-state index < -0.39 is 0 Å². The molecule has 0 saturated carbocycles. The molecule has 1 amide bonds. The van der Waals surface area contributed by atoms with E-state index in [1.54, 1.807) is 18.2 Å². The summed E-state index contributed by atoms with van der Waals surface area (Å²) in [7, 11) is 0. The van der Waals surface area contributed by atoms with Crippen LogP contribution in [0.25, 0.3) is 0 Å². The van der Waals surface area contributed by atoms with Crippen molar-refractivity contribution in [2.75, 3.05) is 11.4 Å². The van der Waals surface area contributed by atoms with Gasteiger partial charge < -0.3 is 9.47 Å². The minimum atomic E-state index is -0.365. The molecule has 2 atom stereocenters. The van der Waals surface area contributed by atoms with Crippen LogP contribution in [0.15, 0.2) is 24.3 Å². The number of hydrogen-bond acceptors (Lipinski definition) is 4. The van der Waals surface area contributed by atoms with Gasteiger partial charge in [-0.25, -0.2) is 4.39 Å². The lowest BCUT2D eigenvalue weighted by Gasteiger charge is -2.22. The number of aryl methyl sites for hydroxylation is 1. The highest BCUT2D eigenvalue weighted by molar-refractivity contribution is 5.99. The molecule has 6 nitrogen and oxygen atoms in total. The number of amides is 1. The molecule has 1 saturated heterocycles. The molecule has 7 heteroatoms. The molecule has 1 aromatic carbocycles. The number of para-hydroxylation sites is 1. The predicted octanol–water partition coefficient (Wildman–Crippen LogP) is 2.21. The van der Waals surface area contributed by atoms with Crippen LogP contribution in [0.5, 0.6) is 0 Å². The number of halogens is 1. The van der Waals surface area contributed by atoms with E-state index in [2.05, 4.69) is 20.1 Å². The molecule has 4 rings (SSSR count). The molecule has 132 valence electrons. The predicted molar refractivity (Wildman–Crippen MR) is 91.7 cm³/mol. The number of nitrogens with zero attached hydrogens (tertiary/aromatic N) is 4. The van der Waals surface area contributed by atoms with Gasteiger partial charge in [-0.3, -0.25) is 10.1 Å². The van der Waals surface area contributed by atoms with Gasteiger partial charge in [-0.1, -0.05) is 12.1 Å². The lowest BCUT2D eigenvalue weighted by Crippen LogP contribution is -2.40. The maximum Gasteiger partial charge on any atom is 0.244 e. The summed E-state index contributed by atoms with van der Waals surface area (Å²) in [5, 5.41) is 12.0. The maximum absolute atomic E-state index is 14.0. The van der Waals surface area contributed by atoms with E-state index in [0.717, 1.165) is 37.5 Å². The molecule has 2 aliphatic heterocycles. The van der Waals surface area contributed by atoms with E-state index >= 15 is 0 Å². The summed E-state index contributed by atoms with van der Waals surface area (Å²) in [5.41, 5.74) is 0.351. The van der Waals surface area contributed by atoms with Gasteiger partial charge in [0.2, 0.25) is 5.91 Å². The van der Waals surface area contributed by atoms with Crippen LogP contribution in [0, 0.1) is 5.82 Å². The molecule has 1 fully saturated rings. The zero-order valence-corrected chi connectivity index (χ0v) is 14.3. The van der Waals surface area contributed by atoms with Crippen LogP contribution < -0.4 is 10.2 Å². The number of nitrogens with one attached hydrogen (secondary N) is 1. The third kappa shape index (κ3) is 2.93. The van der Waals surface area contributed by atoms with E-state index in [9.17, 15) is 9.18 Å². The van der Waals surface area contributed by atoms with E-state index in [0.29, 0.717) is 18.7 Å². The number of rotatable bonds is 4. The van der Waals surface area contributed by atoms with Gasteiger partial charge in [0.15, 0.2) is 0 Å². The van der Waals surface area contributed by atoms with Gasteiger partial charge in [0.1, 0.15) is 17.5 Å². The van der Waals surface area contributed by atoms with Gasteiger partial charge in [-0.15, -0.1) is 10.2 Å². The molecule has 0 aliphatic carbocycles.